The molecule has 0 amide bonds. The van der Waals surface area contributed by atoms with Gasteiger partial charge in [-0.15, -0.1) is 0 Å². The molecule has 0 aliphatic heterocycles. The first kappa shape index (κ1) is 6.78. The van der Waals surface area contributed by atoms with E-state index in [1.807, 2.05) is 0 Å². The monoisotopic (exact) mass is 140 g/mol. The van der Waals surface area contributed by atoms with Gasteiger partial charge in [0.2, 0.25) is 0 Å². The number of nitriles is 1. The molecular formula is C6H5FN2O. The van der Waals surface area contributed by atoms with Crippen molar-refractivity contribution in [2.45, 2.75) is 6.04 Å². The second-order valence-electron chi connectivity index (χ2n) is 1.74. The van der Waals surface area contributed by atoms with E-state index in [1.165, 1.54) is 0 Å². The molecule has 52 valence electrons. The Labute approximate surface area is 56.9 Å². The molecule has 0 bridgehead atoms. The molecule has 0 spiro atoms. The number of rotatable bonds is 1. The molecule has 2 N–H and O–H groups in total. The van der Waals surface area contributed by atoms with Crippen molar-refractivity contribution in [2.24, 2.45) is 5.73 Å². The van der Waals surface area contributed by atoms with Crippen molar-refractivity contribution in [1.29, 1.82) is 5.26 Å². The van der Waals surface area contributed by atoms with E-state index in [-0.39, 0.29) is 5.76 Å². The smallest absolute Gasteiger partial charge is 0.170 e. The Bertz CT molecular complexity index is 263. The Morgan fingerprint density at radius 3 is 2.90 bits per heavy atom. The Morgan fingerprint density at radius 2 is 2.50 bits per heavy atom. The number of hydrogen-bond acceptors (Lipinski definition) is 3. The SMILES string of the molecule is N#CC(N)c1occc1F. The lowest BCUT2D eigenvalue weighted by atomic mass is 10.2. The zero-order valence-corrected chi connectivity index (χ0v) is 5.04. The van der Waals surface area contributed by atoms with E-state index >= 15 is 0 Å². The van der Waals surface area contributed by atoms with E-state index in [2.05, 4.69) is 4.42 Å². The zero-order chi connectivity index (χ0) is 7.56. The van der Waals surface area contributed by atoms with Crippen molar-refractivity contribution >= 4 is 0 Å². The lowest BCUT2D eigenvalue weighted by molar-refractivity contribution is 0.461. The molecule has 0 fully saturated rings. The molecule has 0 aliphatic carbocycles. The van der Waals surface area contributed by atoms with Crippen LogP contribution in [-0.2, 0) is 0 Å². The van der Waals surface area contributed by atoms with Gasteiger partial charge in [0.1, 0.15) is 0 Å². The minimum Gasteiger partial charge on any atom is -0.463 e. The molecule has 1 unspecified atom stereocenters. The largest absolute Gasteiger partial charge is 0.463 e. The van der Waals surface area contributed by atoms with Crippen LogP contribution in [0.5, 0.6) is 0 Å². The van der Waals surface area contributed by atoms with Crippen LogP contribution < -0.4 is 5.73 Å². The van der Waals surface area contributed by atoms with Crippen molar-refractivity contribution < 1.29 is 8.81 Å². The lowest BCUT2D eigenvalue weighted by Gasteiger charge is -1.94. The molecule has 0 aromatic carbocycles. The normalized spacial score (nSPS) is 12.5. The molecule has 4 heteroatoms. The van der Waals surface area contributed by atoms with Gasteiger partial charge < -0.3 is 10.2 Å². The summed E-state index contributed by atoms with van der Waals surface area (Å²) in [7, 11) is 0. The summed E-state index contributed by atoms with van der Waals surface area (Å²) in [6.07, 6.45) is 1.15. The minimum atomic E-state index is -1.00. The maximum absolute atomic E-state index is 12.5. The van der Waals surface area contributed by atoms with E-state index in [1.54, 1.807) is 6.07 Å². The number of halogens is 1. The van der Waals surface area contributed by atoms with Crippen molar-refractivity contribution in [1.82, 2.24) is 0 Å². The molecule has 0 saturated carbocycles. The van der Waals surface area contributed by atoms with Crippen LogP contribution in [0.15, 0.2) is 16.7 Å². The second kappa shape index (κ2) is 2.50. The Morgan fingerprint density at radius 1 is 1.80 bits per heavy atom. The van der Waals surface area contributed by atoms with Crippen molar-refractivity contribution in [3.63, 3.8) is 0 Å². The van der Waals surface area contributed by atoms with Gasteiger partial charge in [0.05, 0.1) is 12.3 Å². The van der Waals surface area contributed by atoms with Crippen LogP contribution in [-0.4, -0.2) is 0 Å². The first-order valence-corrected chi connectivity index (χ1v) is 2.64. The summed E-state index contributed by atoms with van der Waals surface area (Å²) >= 11 is 0. The number of furan rings is 1. The summed E-state index contributed by atoms with van der Waals surface area (Å²) in [5.41, 5.74) is 5.14. The maximum atomic E-state index is 12.5. The average Bonchev–Trinajstić information content (AvgIpc) is 2.34. The third-order valence-corrected chi connectivity index (χ3v) is 1.07. The second-order valence-corrected chi connectivity index (χ2v) is 1.74. The van der Waals surface area contributed by atoms with Gasteiger partial charge >= 0.3 is 0 Å². The molecule has 0 saturated heterocycles. The third kappa shape index (κ3) is 0.993. The molecule has 0 radical (unpaired) electrons. The molecule has 1 rings (SSSR count). The summed E-state index contributed by atoms with van der Waals surface area (Å²) in [4.78, 5) is 0. The van der Waals surface area contributed by atoms with Crippen LogP contribution in [0.2, 0.25) is 0 Å². The Hall–Kier alpha value is -1.34. The molecular weight excluding hydrogens is 135 g/mol. The first-order valence-electron chi connectivity index (χ1n) is 2.64. The first-order chi connectivity index (χ1) is 4.75. The zero-order valence-electron chi connectivity index (χ0n) is 5.04. The van der Waals surface area contributed by atoms with Crippen LogP contribution in [0.3, 0.4) is 0 Å². The summed E-state index contributed by atoms with van der Waals surface area (Å²) in [6.45, 7) is 0. The average molecular weight is 140 g/mol. The fourth-order valence-electron chi connectivity index (χ4n) is 0.586. The number of hydrogen-bond donors (Lipinski definition) is 1. The van der Waals surface area contributed by atoms with Crippen molar-refractivity contribution in [3.8, 4) is 6.07 Å². The molecule has 10 heavy (non-hydrogen) atoms. The van der Waals surface area contributed by atoms with Crippen LogP contribution >= 0.6 is 0 Å². The summed E-state index contributed by atoms with van der Waals surface area (Å²) in [6, 6.07) is 1.77. The van der Waals surface area contributed by atoms with Gasteiger partial charge in [0, 0.05) is 6.07 Å². The number of nitrogens with two attached hydrogens (primary N) is 1. The molecule has 1 aromatic rings. The van der Waals surface area contributed by atoms with E-state index in [0.717, 1.165) is 12.3 Å². The van der Waals surface area contributed by atoms with Crippen molar-refractivity contribution in [3.05, 3.63) is 23.9 Å². The molecule has 1 heterocycles. The summed E-state index contributed by atoms with van der Waals surface area (Å²) in [5.74, 6) is -0.684. The maximum Gasteiger partial charge on any atom is 0.170 e. The topological polar surface area (TPSA) is 63.0 Å². The van der Waals surface area contributed by atoms with Gasteiger partial charge in [-0.25, -0.2) is 4.39 Å². The van der Waals surface area contributed by atoms with Gasteiger partial charge in [-0.2, -0.15) is 5.26 Å². The highest BCUT2D eigenvalue weighted by molar-refractivity contribution is 5.13. The van der Waals surface area contributed by atoms with Crippen LogP contribution in [0.1, 0.15) is 11.8 Å². The van der Waals surface area contributed by atoms with Gasteiger partial charge in [-0.3, -0.25) is 0 Å². The van der Waals surface area contributed by atoms with Gasteiger partial charge in [-0.05, 0) is 0 Å². The van der Waals surface area contributed by atoms with E-state index < -0.39 is 11.9 Å². The van der Waals surface area contributed by atoms with Crippen LogP contribution in [0, 0.1) is 17.1 Å². The van der Waals surface area contributed by atoms with E-state index in [0.29, 0.717) is 0 Å². The summed E-state index contributed by atoms with van der Waals surface area (Å²) in [5, 5.41) is 8.23. The predicted octanol–water partition coefficient (Wildman–Crippen LogP) is 0.942. The molecule has 0 aliphatic rings. The minimum absolute atomic E-state index is 0.109. The number of nitrogens with zero attached hydrogens (tertiary/aromatic N) is 1. The van der Waals surface area contributed by atoms with E-state index in [4.69, 9.17) is 11.0 Å². The van der Waals surface area contributed by atoms with Crippen molar-refractivity contribution in [2.75, 3.05) is 0 Å². The predicted molar refractivity (Wildman–Crippen MR) is 31.2 cm³/mol. The fourth-order valence-corrected chi connectivity index (χ4v) is 0.586. The van der Waals surface area contributed by atoms with Gasteiger partial charge in [0.15, 0.2) is 17.6 Å². The molecule has 3 nitrogen and oxygen atoms in total. The standard InChI is InChI=1S/C6H5FN2O/c7-4-1-2-10-6(4)5(9)3-8/h1-2,5H,9H2. The quantitative estimate of drug-likeness (QED) is 0.631. The van der Waals surface area contributed by atoms with Crippen LogP contribution in [0.25, 0.3) is 0 Å². The van der Waals surface area contributed by atoms with Gasteiger partial charge in [-0.1, -0.05) is 0 Å². The highest BCUT2D eigenvalue weighted by atomic mass is 19.1. The molecule has 1 atom stereocenters. The van der Waals surface area contributed by atoms with Crippen LogP contribution in [0.4, 0.5) is 4.39 Å². The Balaban J connectivity index is 2.96. The lowest BCUT2D eigenvalue weighted by Crippen LogP contribution is -2.07. The summed E-state index contributed by atoms with van der Waals surface area (Å²) < 4.78 is 17.1. The van der Waals surface area contributed by atoms with E-state index in [9.17, 15) is 4.39 Å². The van der Waals surface area contributed by atoms with Gasteiger partial charge in [0.25, 0.3) is 0 Å². The Kier molecular flexibility index (Phi) is 1.69. The fraction of sp³-hybridized carbons (Fsp3) is 0.167. The molecule has 1 aromatic heterocycles. The highest BCUT2D eigenvalue weighted by Crippen LogP contribution is 2.14. The third-order valence-electron chi connectivity index (χ3n) is 1.07. The highest BCUT2D eigenvalue weighted by Gasteiger charge is 2.12.